The highest BCUT2D eigenvalue weighted by Gasteiger charge is 2.38. The lowest BCUT2D eigenvalue weighted by molar-refractivity contribution is 0.337. The second kappa shape index (κ2) is 4.97. The van der Waals surface area contributed by atoms with E-state index >= 15 is 0 Å². The van der Waals surface area contributed by atoms with Crippen molar-refractivity contribution in [1.29, 1.82) is 0 Å². The second-order valence-electron chi connectivity index (χ2n) is 6.50. The van der Waals surface area contributed by atoms with E-state index in [0.29, 0.717) is 6.04 Å². The van der Waals surface area contributed by atoms with Crippen LogP contribution in [0.2, 0.25) is 0 Å². The summed E-state index contributed by atoms with van der Waals surface area (Å²) in [4.78, 5) is 0. The summed E-state index contributed by atoms with van der Waals surface area (Å²) in [5, 5.41) is 3.76. The Balaban J connectivity index is 1.92. The third kappa shape index (κ3) is 2.33. The molecule has 0 spiro atoms. The molecule has 104 valence electrons. The Kier molecular flexibility index (Phi) is 3.29. The molecule has 1 unspecified atom stereocenters. The molecule has 0 aliphatic heterocycles. The van der Waals surface area contributed by atoms with Crippen molar-refractivity contribution in [2.24, 2.45) is 5.41 Å². The van der Waals surface area contributed by atoms with Crippen LogP contribution < -0.4 is 5.32 Å². The summed E-state index contributed by atoms with van der Waals surface area (Å²) < 4.78 is 0. The maximum Gasteiger partial charge on any atom is 0.0570 e. The minimum Gasteiger partial charge on any atom is -0.378 e. The summed E-state index contributed by atoms with van der Waals surface area (Å²) in [6.45, 7) is 6.91. The number of hydrogen-bond acceptors (Lipinski definition) is 1. The molecule has 0 aromatic heterocycles. The van der Waals surface area contributed by atoms with Gasteiger partial charge in [0.15, 0.2) is 0 Å². The van der Waals surface area contributed by atoms with Gasteiger partial charge in [0.25, 0.3) is 0 Å². The average Bonchev–Trinajstić information content (AvgIpc) is 2.70. The average molecular weight is 265 g/mol. The van der Waals surface area contributed by atoms with Crippen LogP contribution in [0.4, 0.5) is 5.69 Å². The van der Waals surface area contributed by atoms with Crippen molar-refractivity contribution in [2.45, 2.75) is 39.7 Å². The fourth-order valence-corrected chi connectivity index (χ4v) is 3.31. The molecular formula is C19H23N. The fraction of sp³-hybridized carbons (Fsp3) is 0.368. The predicted octanol–water partition coefficient (Wildman–Crippen LogP) is 4.98. The van der Waals surface area contributed by atoms with Gasteiger partial charge in [-0.2, -0.15) is 0 Å². The first kappa shape index (κ1) is 13.2. The molecule has 1 aliphatic carbocycles. The number of anilines is 1. The predicted molar refractivity (Wildman–Crippen MR) is 86.1 cm³/mol. The first-order valence-electron chi connectivity index (χ1n) is 7.53. The van der Waals surface area contributed by atoms with Gasteiger partial charge in [-0.15, -0.1) is 0 Å². The van der Waals surface area contributed by atoms with E-state index in [2.05, 4.69) is 74.6 Å². The van der Waals surface area contributed by atoms with Crippen LogP contribution in [0.3, 0.4) is 0 Å². The molecule has 0 fully saturated rings. The molecule has 0 amide bonds. The maximum atomic E-state index is 3.76. The quantitative estimate of drug-likeness (QED) is 0.825. The fourth-order valence-electron chi connectivity index (χ4n) is 3.31. The highest BCUT2D eigenvalue weighted by atomic mass is 14.9. The topological polar surface area (TPSA) is 12.0 Å². The van der Waals surface area contributed by atoms with Crippen LogP contribution in [0.1, 0.15) is 43.5 Å². The highest BCUT2D eigenvalue weighted by molar-refractivity contribution is 5.51. The Morgan fingerprint density at radius 3 is 2.70 bits per heavy atom. The van der Waals surface area contributed by atoms with E-state index < -0.39 is 0 Å². The van der Waals surface area contributed by atoms with Crippen molar-refractivity contribution in [2.75, 3.05) is 5.32 Å². The first-order valence-corrected chi connectivity index (χ1v) is 7.53. The van der Waals surface area contributed by atoms with Crippen molar-refractivity contribution >= 4 is 5.69 Å². The van der Waals surface area contributed by atoms with Crippen molar-refractivity contribution in [3.63, 3.8) is 0 Å². The maximum absolute atomic E-state index is 3.76. The van der Waals surface area contributed by atoms with Gasteiger partial charge in [0.2, 0.25) is 0 Å². The zero-order valence-corrected chi connectivity index (χ0v) is 12.6. The first-order chi connectivity index (χ1) is 9.60. The Bertz CT molecular complexity index is 613. The van der Waals surface area contributed by atoms with Crippen LogP contribution in [0.5, 0.6) is 0 Å². The molecule has 1 nitrogen and oxygen atoms in total. The van der Waals surface area contributed by atoms with E-state index in [0.717, 1.165) is 12.8 Å². The summed E-state index contributed by atoms with van der Waals surface area (Å²) in [5.41, 5.74) is 5.82. The molecule has 0 saturated heterocycles. The lowest BCUT2D eigenvalue weighted by atomic mass is 9.85. The number of aryl methyl sites for hydroxylation is 1. The number of benzene rings is 2. The van der Waals surface area contributed by atoms with Gasteiger partial charge < -0.3 is 5.32 Å². The van der Waals surface area contributed by atoms with E-state index in [1.54, 1.807) is 0 Å². The van der Waals surface area contributed by atoms with Gasteiger partial charge >= 0.3 is 0 Å². The van der Waals surface area contributed by atoms with Crippen LogP contribution >= 0.6 is 0 Å². The zero-order chi connectivity index (χ0) is 14.2. The lowest BCUT2D eigenvalue weighted by Crippen LogP contribution is -2.24. The van der Waals surface area contributed by atoms with Gasteiger partial charge in [-0.25, -0.2) is 0 Å². The smallest absolute Gasteiger partial charge is 0.0570 e. The zero-order valence-electron chi connectivity index (χ0n) is 12.6. The highest BCUT2D eigenvalue weighted by Crippen LogP contribution is 2.46. The Labute approximate surface area is 122 Å². The van der Waals surface area contributed by atoms with Crippen LogP contribution in [0.25, 0.3) is 0 Å². The van der Waals surface area contributed by atoms with Gasteiger partial charge in [-0.05, 0) is 47.1 Å². The van der Waals surface area contributed by atoms with Crippen LogP contribution in [-0.4, -0.2) is 0 Å². The molecule has 3 rings (SSSR count). The van der Waals surface area contributed by atoms with E-state index in [4.69, 9.17) is 0 Å². The largest absolute Gasteiger partial charge is 0.378 e. The third-order valence-corrected chi connectivity index (χ3v) is 4.44. The van der Waals surface area contributed by atoms with Crippen LogP contribution in [0, 0.1) is 5.41 Å². The van der Waals surface area contributed by atoms with Crippen molar-refractivity contribution in [1.82, 2.24) is 0 Å². The Morgan fingerprint density at radius 1 is 1.10 bits per heavy atom. The molecule has 2 aromatic rings. The normalized spacial score (nSPS) is 19.6. The second-order valence-corrected chi connectivity index (χ2v) is 6.50. The molecule has 1 heteroatoms. The van der Waals surface area contributed by atoms with E-state index in [1.165, 1.54) is 22.4 Å². The standard InChI is InChI=1S/C19H23N/c1-4-14-8-7-10-16(12-14)20-18-17-11-6-5-9-15(17)13-19(18,2)3/h5-12,18,20H,4,13H2,1-3H3. The molecule has 1 N–H and O–H groups in total. The van der Waals surface area contributed by atoms with Crippen LogP contribution in [0.15, 0.2) is 48.5 Å². The van der Waals surface area contributed by atoms with E-state index in [9.17, 15) is 0 Å². The molecule has 20 heavy (non-hydrogen) atoms. The molecule has 0 heterocycles. The van der Waals surface area contributed by atoms with Crippen molar-refractivity contribution in [3.8, 4) is 0 Å². The molecular weight excluding hydrogens is 242 g/mol. The molecule has 0 bridgehead atoms. The monoisotopic (exact) mass is 265 g/mol. The number of rotatable bonds is 3. The number of fused-ring (bicyclic) bond motifs is 1. The molecule has 1 atom stereocenters. The number of nitrogens with one attached hydrogen (secondary N) is 1. The molecule has 0 saturated carbocycles. The van der Waals surface area contributed by atoms with E-state index in [-0.39, 0.29) is 5.41 Å². The minimum atomic E-state index is 0.256. The SMILES string of the molecule is CCc1cccc(NC2c3ccccc3CC2(C)C)c1. The van der Waals surface area contributed by atoms with Crippen molar-refractivity contribution in [3.05, 3.63) is 65.2 Å². The summed E-state index contributed by atoms with van der Waals surface area (Å²) in [5.74, 6) is 0. The van der Waals surface area contributed by atoms with Gasteiger partial charge in [-0.3, -0.25) is 0 Å². The Hall–Kier alpha value is -1.76. The summed E-state index contributed by atoms with van der Waals surface area (Å²) in [6.07, 6.45) is 2.23. The van der Waals surface area contributed by atoms with Gasteiger partial charge in [-0.1, -0.05) is 57.2 Å². The van der Waals surface area contributed by atoms with Crippen LogP contribution in [-0.2, 0) is 12.8 Å². The summed E-state index contributed by atoms with van der Waals surface area (Å²) in [7, 11) is 0. The van der Waals surface area contributed by atoms with Gasteiger partial charge in [0, 0.05) is 5.69 Å². The lowest BCUT2D eigenvalue weighted by Gasteiger charge is -2.29. The number of hydrogen-bond donors (Lipinski definition) is 1. The Morgan fingerprint density at radius 2 is 1.90 bits per heavy atom. The molecule has 1 aliphatic rings. The van der Waals surface area contributed by atoms with Crippen molar-refractivity contribution < 1.29 is 0 Å². The molecule has 2 aromatic carbocycles. The third-order valence-electron chi connectivity index (χ3n) is 4.44. The van der Waals surface area contributed by atoms with E-state index in [1.807, 2.05) is 0 Å². The van der Waals surface area contributed by atoms with Gasteiger partial charge in [0.1, 0.15) is 0 Å². The molecule has 0 radical (unpaired) electrons. The minimum absolute atomic E-state index is 0.256. The summed E-state index contributed by atoms with van der Waals surface area (Å²) in [6, 6.07) is 18.0. The summed E-state index contributed by atoms with van der Waals surface area (Å²) >= 11 is 0. The van der Waals surface area contributed by atoms with Gasteiger partial charge in [0.05, 0.1) is 6.04 Å².